The molecule has 64 valence electrons. The molecule has 0 bridgehead atoms. The van der Waals surface area contributed by atoms with Gasteiger partial charge in [0.25, 0.3) is 0 Å². The molecule has 0 aliphatic carbocycles. The van der Waals surface area contributed by atoms with Crippen molar-refractivity contribution >= 4 is 11.7 Å². The third kappa shape index (κ3) is 1.95. The first-order chi connectivity index (χ1) is 5.74. The molecule has 1 aromatic rings. The highest BCUT2D eigenvalue weighted by molar-refractivity contribution is 5.88. The van der Waals surface area contributed by atoms with Crippen LogP contribution in [0.15, 0.2) is 18.3 Å². The average molecular weight is 166 g/mol. The Kier molecular flexibility index (Phi) is 2.63. The number of carbonyl (C=O) groups excluding carboxylic acids is 1. The molecular formula is C8H10N2O2. The molecular weight excluding hydrogens is 156 g/mol. The molecule has 0 unspecified atom stereocenters. The highest BCUT2D eigenvalue weighted by Crippen LogP contribution is 2.19. The van der Waals surface area contributed by atoms with E-state index >= 15 is 0 Å². The first-order valence-electron chi connectivity index (χ1n) is 3.50. The summed E-state index contributed by atoms with van der Waals surface area (Å²) >= 11 is 0. The van der Waals surface area contributed by atoms with Gasteiger partial charge in [-0.25, -0.2) is 4.98 Å². The molecule has 0 aliphatic heterocycles. The highest BCUT2D eigenvalue weighted by atomic mass is 16.5. The van der Waals surface area contributed by atoms with Gasteiger partial charge >= 0.3 is 0 Å². The maximum absolute atomic E-state index is 10.7. The van der Waals surface area contributed by atoms with Gasteiger partial charge in [-0.3, -0.25) is 4.79 Å². The van der Waals surface area contributed by atoms with E-state index in [0.717, 1.165) is 0 Å². The second kappa shape index (κ2) is 3.71. The standard InChI is InChI=1S/C8H10N2O2/c1-6(11)10-8-7(12-2)4-3-5-9-8/h3-5H,1-2H3,(H,9,10,11). The van der Waals surface area contributed by atoms with Crippen LogP contribution >= 0.6 is 0 Å². The smallest absolute Gasteiger partial charge is 0.222 e. The van der Waals surface area contributed by atoms with Crippen molar-refractivity contribution in [3.8, 4) is 5.75 Å². The van der Waals surface area contributed by atoms with E-state index in [2.05, 4.69) is 10.3 Å². The van der Waals surface area contributed by atoms with Crippen molar-refractivity contribution in [1.29, 1.82) is 0 Å². The number of aromatic nitrogens is 1. The number of anilines is 1. The Bertz CT molecular complexity index is 286. The van der Waals surface area contributed by atoms with Gasteiger partial charge in [-0.15, -0.1) is 0 Å². The molecule has 4 heteroatoms. The summed E-state index contributed by atoms with van der Waals surface area (Å²) in [6.45, 7) is 1.42. The number of methoxy groups -OCH3 is 1. The molecule has 1 amide bonds. The monoisotopic (exact) mass is 166 g/mol. The van der Waals surface area contributed by atoms with Crippen LogP contribution in [0.2, 0.25) is 0 Å². The summed E-state index contributed by atoms with van der Waals surface area (Å²) in [5.74, 6) is 0.854. The van der Waals surface area contributed by atoms with Crippen LogP contribution in [0.3, 0.4) is 0 Å². The van der Waals surface area contributed by atoms with E-state index in [9.17, 15) is 4.79 Å². The second-order valence-electron chi connectivity index (χ2n) is 2.24. The van der Waals surface area contributed by atoms with Crippen molar-refractivity contribution in [2.75, 3.05) is 12.4 Å². The zero-order valence-electron chi connectivity index (χ0n) is 7.00. The molecule has 0 atom stereocenters. The van der Waals surface area contributed by atoms with Crippen LogP contribution in [0.4, 0.5) is 5.82 Å². The minimum Gasteiger partial charge on any atom is -0.493 e. The second-order valence-corrected chi connectivity index (χ2v) is 2.24. The van der Waals surface area contributed by atoms with Crippen molar-refractivity contribution in [2.24, 2.45) is 0 Å². The Morgan fingerprint density at radius 3 is 3.00 bits per heavy atom. The number of ether oxygens (including phenoxy) is 1. The van der Waals surface area contributed by atoms with Crippen LogP contribution in [0.1, 0.15) is 6.92 Å². The zero-order valence-corrected chi connectivity index (χ0v) is 7.00. The number of hydrogen-bond donors (Lipinski definition) is 1. The van der Waals surface area contributed by atoms with E-state index in [-0.39, 0.29) is 5.91 Å². The van der Waals surface area contributed by atoms with Crippen LogP contribution in [-0.4, -0.2) is 18.0 Å². The van der Waals surface area contributed by atoms with Gasteiger partial charge in [-0.05, 0) is 12.1 Å². The minimum atomic E-state index is -0.160. The lowest BCUT2D eigenvalue weighted by molar-refractivity contribution is -0.114. The third-order valence-corrected chi connectivity index (χ3v) is 1.29. The summed E-state index contributed by atoms with van der Waals surface area (Å²) in [4.78, 5) is 14.6. The summed E-state index contributed by atoms with van der Waals surface area (Å²) in [6.07, 6.45) is 1.59. The van der Waals surface area contributed by atoms with E-state index in [1.807, 2.05) is 0 Å². The maximum Gasteiger partial charge on any atom is 0.222 e. The van der Waals surface area contributed by atoms with Crippen molar-refractivity contribution < 1.29 is 9.53 Å². The summed E-state index contributed by atoms with van der Waals surface area (Å²) in [5.41, 5.74) is 0. The summed E-state index contributed by atoms with van der Waals surface area (Å²) in [5, 5.41) is 2.55. The molecule has 0 spiro atoms. The number of carbonyl (C=O) groups is 1. The molecule has 4 nitrogen and oxygen atoms in total. The highest BCUT2D eigenvalue weighted by Gasteiger charge is 2.02. The molecule has 0 saturated heterocycles. The molecule has 0 aliphatic rings. The molecule has 12 heavy (non-hydrogen) atoms. The number of nitrogens with one attached hydrogen (secondary N) is 1. The quantitative estimate of drug-likeness (QED) is 0.714. The number of nitrogens with zero attached hydrogens (tertiary/aromatic N) is 1. The molecule has 1 rings (SSSR count). The van der Waals surface area contributed by atoms with Gasteiger partial charge in [0.2, 0.25) is 5.91 Å². The van der Waals surface area contributed by atoms with Crippen molar-refractivity contribution in [2.45, 2.75) is 6.92 Å². The van der Waals surface area contributed by atoms with Gasteiger partial charge in [-0.1, -0.05) is 0 Å². The fourth-order valence-corrected chi connectivity index (χ4v) is 0.816. The Labute approximate surface area is 70.6 Å². The Morgan fingerprint density at radius 2 is 2.42 bits per heavy atom. The SMILES string of the molecule is COc1cccnc1NC(C)=O. The molecule has 0 radical (unpaired) electrons. The molecule has 1 N–H and O–H groups in total. The van der Waals surface area contributed by atoms with Gasteiger partial charge < -0.3 is 10.1 Å². The largest absolute Gasteiger partial charge is 0.493 e. The number of amides is 1. The van der Waals surface area contributed by atoms with E-state index in [1.54, 1.807) is 18.3 Å². The minimum absolute atomic E-state index is 0.160. The van der Waals surface area contributed by atoms with Crippen LogP contribution in [0, 0.1) is 0 Å². The van der Waals surface area contributed by atoms with Gasteiger partial charge in [0, 0.05) is 13.1 Å². The molecule has 1 aromatic heterocycles. The van der Waals surface area contributed by atoms with E-state index < -0.39 is 0 Å². The van der Waals surface area contributed by atoms with Gasteiger partial charge in [0.15, 0.2) is 11.6 Å². The van der Waals surface area contributed by atoms with E-state index in [0.29, 0.717) is 11.6 Å². The zero-order chi connectivity index (χ0) is 8.97. The van der Waals surface area contributed by atoms with Crippen molar-refractivity contribution in [1.82, 2.24) is 4.98 Å². The lowest BCUT2D eigenvalue weighted by Gasteiger charge is -2.05. The van der Waals surface area contributed by atoms with Crippen LogP contribution in [-0.2, 0) is 4.79 Å². The molecule has 1 heterocycles. The number of hydrogen-bond acceptors (Lipinski definition) is 3. The third-order valence-electron chi connectivity index (χ3n) is 1.29. The molecule has 0 saturated carbocycles. The topological polar surface area (TPSA) is 51.2 Å². The lowest BCUT2D eigenvalue weighted by atomic mass is 10.4. The van der Waals surface area contributed by atoms with Crippen molar-refractivity contribution in [3.05, 3.63) is 18.3 Å². The van der Waals surface area contributed by atoms with Gasteiger partial charge in [-0.2, -0.15) is 0 Å². The van der Waals surface area contributed by atoms with E-state index in [1.165, 1.54) is 14.0 Å². The first-order valence-corrected chi connectivity index (χ1v) is 3.50. The Morgan fingerprint density at radius 1 is 1.67 bits per heavy atom. The Balaban J connectivity index is 2.89. The Hall–Kier alpha value is -1.58. The van der Waals surface area contributed by atoms with Crippen molar-refractivity contribution in [3.63, 3.8) is 0 Å². The van der Waals surface area contributed by atoms with Crippen LogP contribution in [0.25, 0.3) is 0 Å². The van der Waals surface area contributed by atoms with Crippen LogP contribution < -0.4 is 10.1 Å². The number of pyridine rings is 1. The van der Waals surface area contributed by atoms with Gasteiger partial charge in [0.05, 0.1) is 7.11 Å². The summed E-state index contributed by atoms with van der Waals surface area (Å²) in [7, 11) is 1.53. The van der Waals surface area contributed by atoms with Gasteiger partial charge in [0.1, 0.15) is 0 Å². The first kappa shape index (κ1) is 8.52. The van der Waals surface area contributed by atoms with E-state index in [4.69, 9.17) is 4.74 Å². The normalized spacial score (nSPS) is 9.17. The molecule has 0 fully saturated rings. The fraction of sp³-hybridized carbons (Fsp3) is 0.250. The maximum atomic E-state index is 10.7. The fourth-order valence-electron chi connectivity index (χ4n) is 0.816. The summed E-state index contributed by atoms with van der Waals surface area (Å²) in [6, 6.07) is 3.47. The number of rotatable bonds is 2. The predicted octanol–water partition coefficient (Wildman–Crippen LogP) is 1.05. The lowest BCUT2D eigenvalue weighted by Crippen LogP contribution is -2.08. The predicted molar refractivity (Wildman–Crippen MR) is 45.1 cm³/mol. The average Bonchev–Trinajstić information content (AvgIpc) is 2.04. The molecule has 0 aromatic carbocycles. The van der Waals surface area contributed by atoms with Crippen LogP contribution in [0.5, 0.6) is 5.75 Å². The summed E-state index contributed by atoms with van der Waals surface area (Å²) < 4.78 is 4.97.